The van der Waals surface area contributed by atoms with Crippen LogP contribution in [0.1, 0.15) is 31.2 Å². The molecule has 0 atom stereocenters. The predicted octanol–water partition coefficient (Wildman–Crippen LogP) is 5.36. The third-order valence-electron chi connectivity index (χ3n) is 4.77. The molecule has 1 fully saturated rings. The van der Waals surface area contributed by atoms with Crippen molar-refractivity contribution in [3.05, 3.63) is 71.8 Å². The highest BCUT2D eigenvalue weighted by atomic mass is 35.5. The molecule has 1 amide bonds. The van der Waals surface area contributed by atoms with Crippen molar-refractivity contribution < 1.29 is 9.53 Å². The molecule has 0 saturated heterocycles. The minimum Gasteiger partial charge on any atom is -0.490 e. The molecular weight excluding hydrogens is 334 g/mol. The van der Waals surface area contributed by atoms with Crippen molar-refractivity contribution in [3.63, 3.8) is 0 Å². The summed E-state index contributed by atoms with van der Waals surface area (Å²) in [6.07, 6.45) is 5.54. The van der Waals surface area contributed by atoms with Crippen LogP contribution in [0.4, 0.5) is 5.69 Å². The lowest BCUT2D eigenvalue weighted by atomic mass is 9.78. The maximum Gasteiger partial charge on any atom is 0.235 e. The number of rotatable bonds is 6. The molecule has 0 bridgehead atoms. The SMILES string of the molecule is C=CCOc1ccc(NC(=O)C2(c3ccc(Cl)cc3)CCCC2)cc1. The van der Waals surface area contributed by atoms with E-state index in [1.165, 1.54) is 0 Å². The van der Waals surface area contributed by atoms with Gasteiger partial charge < -0.3 is 10.1 Å². The van der Waals surface area contributed by atoms with Crippen LogP contribution < -0.4 is 10.1 Å². The molecule has 1 aliphatic carbocycles. The van der Waals surface area contributed by atoms with Crippen LogP contribution in [0.3, 0.4) is 0 Å². The minimum atomic E-state index is -0.470. The monoisotopic (exact) mass is 355 g/mol. The number of halogens is 1. The van der Waals surface area contributed by atoms with Crippen molar-refractivity contribution in [2.45, 2.75) is 31.1 Å². The largest absolute Gasteiger partial charge is 0.490 e. The molecule has 130 valence electrons. The van der Waals surface area contributed by atoms with Gasteiger partial charge in [-0.05, 0) is 54.8 Å². The Morgan fingerprint density at radius 2 is 1.76 bits per heavy atom. The number of hydrogen-bond acceptors (Lipinski definition) is 2. The number of benzene rings is 2. The third kappa shape index (κ3) is 3.88. The Bertz CT molecular complexity index is 731. The number of carbonyl (C=O) groups is 1. The molecule has 0 spiro atoms. The van der Waals surface area contributed by atoms with Crippen LogP contribution in [0, 0.1) is 0 Å². The van der Waals surface area contributed by atoms with Gasteiger partial charge in [0.25, 0.3) is 0 Å². The molecule has 1 aliphatic rings. The van der Waals surface area contributed by atoms with E-state index in [2.05, 4.69) is 11.9 Å². The molecule has 0 unspecified atom stereocenters. The summed E-state index contributed by atoms with van der Waals surface area (Å²) in [6.45, 7) is 4.09. The molecule has 0 radical (unpaired) electrons. The van der Waals surface area contributed by atoms with Crippen LogP contribution >= 0.6 is 11.6 Å². The highest BCUT2D eigenvalue weighted by Gasteiger charge is 2.42. The molecule has 0 aromatic heterocycles. The van der Waals surface area contributed by atoms with E-state index in [0.717, 1.165) is 42.7 Å². The van der Waals surface area contributed by atoms with E-state index in [0.29, 0.717) is 11.6 Å². The molecule has 1 N–H and O–H groups in total. The topological polar surface area (TPSA) is 38.3 Å². The first-order valence-electron chi connectivity index (χ1n) is 8.55. The van der Waals surface area contributed by atoms with E-state index in [1.54, 1.807) is 6.08 Å². The summed E-state index contributed by atoms with van der Waals surface area (Å²) in [6, 6.07) is 15.1. The summed E-state index contributed by atoms with van der Waals surface area (Å²) >= 11 is 6.01. The summed E-state index contributed by atoms with van der Waals surface area (Å²) in [4.78, 5) is 13.1. The summed E-state index contributed by atoms with van der Waals surface area (Å²) in [5, 5.41) is 3.76. The van der Waals surface area contributed by atoms with Crippen LogP contribution in [-0.2, 0) is 10.2 Å². The Labute approximate surface area is 153 Å². The van der Waals surface area contributed by atoms with E-state index in [4.69, 9.17) is 16.3 Å². The van der Waals surface area contributed by atoms with Gasteiger partial charge in [-0.25, -0.2) is 0 Å². The molecule has 2 aromatic rings. The Balaban J connectivity index is 1.77. The highest BCUT2D eigenvalue weighted by molar-refractivity contribution is 6.30. The second kappa shape index (κ2) is 7.75. The highest BCUT2D eigenvalue weighted by Crippen LogP contribution is 2.42. The Hall–Kier alpha value is -2.26. The molecule has 0 aliphatic heterocycles. The number of carbonyl (C=O) groups excluding carboxylic acids is 1. The zero-order chi connectivity index (χ0) is 17.7. The summed E-state index contributed by atoms with van der Waals surface area (Å²) in [5.41, 5.74) is 1.34. The van der Waals surface area contributed by atoms with Gasteiger partial charge in [0.1, 0.15) is 12.4 Å². The molecule has 1 saturated carbocycles. The van der Waals surface area contributed by atoms with E-state index in [9.17, 15) is 4.79 Å². The number of anilines is 1. The Kier molecular flexibility index (Phi) is 5.44. The normalized spacial score (nSPS) is 15.6. The first-order chi connectivity index (χ1) is 12.1. The van der Waals surface area contributed by atoms with Crippen LogP contribution in [0.15, 0.2) is 61.2 Å². The van der Waals surface area contributed by atoms with Crippen molar-refractivity contribution in [1.29, 1.82) is 0 Å². The van der Waals surface area contributed by atoms with Gasteiger partial charge in [-0.1, -0.05) is 49.2 Å². The first-order valence-corrected chi connectivity index (χ1v) is 8.93. The smallest absolute Gasteiger partial charge is 0.235 e. The summed E-state index contributed by atoms with van der Waals surface area (Å²) in [5.74, 6) is 0.804. The Morgan fingerprint density at radius 1 is 1.12 bits per heavy atom. The number of nitrogens with one attached hydrogen (secondary N) is 1. The van der Waals surface area contributed by atoms with Gasteiger partial charge in [0.2, 0.25) is 5.91 Å². The maximum atomic E-state index is 13.1. The van der Waals surface area contributed by atoms with Crippen molar-refractivity contribution in [2.75, 3.05) is 11.9 Å². The van der Waals surface area contributed by atoms with E-state index >= 15 is 0 Å². The van der Waals surface area contributed by atoms with Crippen molar-refractivity contribution in [2.24, 2.45) is 0 Å². The van der Waals surface area contributed by atoms with E-state index < -0.39 is 5.41 Å². The van der Waals surface area contributed by atoms with Crippen molar-refractivity contribution in [1.82, 2.24) is 0 Å². The minimum absolute atomic E-state index is 0.0482. The van der Waals surface area contributed by atoms with Gasteiger partial charge in [-0.15, -0.1) is 0 Å². The van der Waals surface area contributed by atoms with Crippen LogP contribution in [0.2, 0.25) is 5.02 Å². The predicted molar refractivity (Wildman–Crippen MR) is 102 cm³/mol. The molecule has 3 nitrogen and oxygen atoms in total. The second-order valence-corrected chi connectivity index (χ2v) is 6.81. The van der Waals surface area contributed by atoms with E-state index in [1.807, 2.05) is 48.5 Å². The third-order valence-corrected chi connectivity index (χ3v) is 5.02. The number of hydrogen-bond donors (Lipinski definition) is 1. The van der Waals surface area contributed by atoms with Crippen LogP contribution in [-0.4, -0.2) is 12.5 Å². The van der Waals surface area contributed by atoms with Gasteiger partial charge in [-0.3, -0.25) is 4.79 Å². The van der Waals surface area contributed by atoms with Gasteiger partial charge in [0.05, 0.1) is 5.41 Å². The fraction of sp³-hybridized carbons (Fsp3) is 0.286. The molecule has 3 rings (SSSR count). The summed E-state index contributed by atoms with van der Waals surface area (Å²) in [7, 11) is 0. The quantitative estimate of drug-likeness (QED) is 0.709. The lowest BCUT2D eigenvalue weighted by Crippen LogP contribution is -2.37. The zero-order valence-corrected chi connectivity index (χ0v) is 14.9. The average Bonchev–Trinajstić information content (AvgIpc) is 3.13. The number of ether oxygens (including phenoxy) is 1. The van der Waals surface area contributed by atoms with Crippen LogP contribution in [0.25, 0.3) is 0 Å². The van der Waals surface area contributed by atoms with Crippen LogP contribution in [0.5, 0.6) is 5.75 Å². The standard InChI is InChI=1S/C21H22ClNO2/c1-2-15-25-19-11-9-18(10-12-19)23-20(24)21(13-3-4-14-21)16-5-7-17(22)8-6-16/h2,5-12H,1,3-4,13-15H2,(H,23,24). The molecule has 25 heavy (non-hydrogen) atoms. The molecular formula is C21H22ClNO2. The fourth-order valence-corrected chi connectivity index (χ4v) is 3.56. The fourth-order valence-electron chi connectivity index (χ4n) is 3.43. The molecule has 2 aromatic carbocycles. The van der Waals surface area contributed by atoms with E-state index in [-0.39, 0.29) is 5.91 Å². The Morgan fingerprint density at radius 3 is 2.36 bits per heavy atom. The molecule has 0 heterocycles. The first kappa shape index (κ1) is 17.6. The van der Waals surface area contributed by atoms with Gasteiger partial charge in [-0.2, -0.15) is 0 Å². The lowest BCUT2D eigenvalue weighted by Gasteiger charge is -2.28. The number of amides is 1. The average molecular weight is 356 g/mol. The zero-order valence-electron chi connectivity index (χ0n) is 14.1. The molecule has 4 heteroatoms. The lowest BCUT2D eigenvalue weighted by molar-refractivity contribution is -0.121. The van der Waals surface area contributed by atoms with Gasteiger partial charge in [0, 0.05) is 10.7 Å². The van der Waals surface area contributed by atoms with Crippen molar-refractivity contribution >= 4 is 23.2 Å². The maximum absolute atomic E-state index is 13.1. The summed E-state index contributed by atoms with van der Waals surface area (Å²) < 4.78 is 5.47. The van der Waals surface area contributed by atoms with Crippen molar-refractivity contribution in [3.8, 4) is 5.75 Å². The van der Waals surface area contributed by atoms with Gasteiger partial charge in [0.15, 0.2) is 0 Å². The van der Waals surface area contributed by atoms with Gasteiger partial charge >= 0.3 is 0 Å². The second-order valence-electron chi connectivity index (χ2n) is 6.37.